The number of esters is 1. The number of aromatic amines is 1. The number of nitrogens with two attached hydrogens (primary N) is 1. The predicted molar refractivity (Wildman–Crippen MR) is 100 cm³/mol. The summed E-state index contributed by atoms with van der Waals surface area (Å²) < 4.78 is 5.14. The maximum atomic E-state index is 12.0. The topological polar surface area (TPSA) is 127 Å². The molecule has 0 aliphatic rings. The summed E-state index contributed by atoms with van der Waals surface area (Å²) in [5.74, 6) is -0.278. The maximum Gasteiger partial charge on any atom is 0.338 e. The van der Waals surface area contributed by atoms with E-state index >= 15 is 0 Å². The summed E-state index contributed by atoms with van der Waals surface area (Å²) in [7, 11) is 0. The Hall–Kier alpha value is -2.81. The predicted octanol–water partition coefficient (Wildman–Crippen LogP) is 1.90. The third-order valence-electron chi connectivity index (χ3n) is 3.03. The molecule has 0 unspecified atom stereocenters. The van der Waals surface area contributed by atoms with Crippen molar-refractivity contribution >= 4 is 35.1 Å². The number of nitrogen functional groups attached to an aromatic ring is 1. The molecule has 0 aliphatic carbocycles. The van der Waals surface area contributed by atoms with Gasteiger partial charge in [-0.2, -0.15) is 0 Å². The summed E-state index contributed by atoms with van der Waals surface area (Å²) >= 11 is 1.06. The highest BCUT2D eigenvalue weighted by molar-refractivity contribution is 7.99. The molecule has 4 N–H and O–H groups in total. The van der Waals surface area contributed by atoms with E-state index in [4.69, 9.17) is 10.5 Å². The Morgan fingerprint density at radius 1 is 1.31 bits per heavy atom. The highest BCUT2D eigenvalue weighted by Crippen LogP contribution is 2.14. The highest BCUT2D eigenvalue weighted by Gasteiger charge is 2.10. The van der Waals surface area contributed by atoms with E-state index in [0.717, 1.165) is 17.8 Å². The lowest BCUT2D eigenvalue weighted by Crippen LogP contribution is -2.16. The van der Waals surface area contributed by atoms with E-state index in [1.807, 2.05) is 13.8 Å². The van der Waals surface area contributed by atoms with E-state index < -0.39 is 5.97 Å². The first-order chi connectivity index (χ1) is 12.3. The molecule has 0 radical (unpaired) electrons. The minimum absolute atomic E-state index is 0.0462. The molecule has 1 aromatic carbocycles. The normalized spacial score (nSPS) is 10.6. The summed E-state index contributed by atoms with van der Waals surface area (Å²) in [6.07, 6.45) is 0. The average Bonchev–Trinajstić information content (AvgIpc) is 2.57. The molecule has 9 heteroatoms. The molecule has 0 saturated heterocycles. The number of hydrogen-bond donors (Lipinski definition) is 3. The molecule has 8 nitrogen and oxygen atoms in total. The Labute approximate surface area is 154 Å². The van der Waals surface area contributed by atoms with Gasteiger partial charge in [0.15, 0.2) is 5.16 Å². The number of carbonyl (C=O) groups excluding carboxylic acids is 2. The largest absolute Gasteiger partial charge is 0.462 e. The van der Waals surface area contributed by atoms with Gasteiger partial charge in [0.2, 0.25) is 5.91 Å². The van der Waals surface area contributed by atoms with E-state index in [0.29, 0.717) is 17.9 Å². The number of nitrogens with one attached hydrogen (secondary N) is 2. The number of ether oxygens (including phenoxy) is 1. The van der Waals surface area contributed by atoms with E-state index in [2.05, 4.69) is 15.3 Å². The third kappa shape index (κ3) is 6.25. The van der Waals surface area contributed by atoms with Gasteiger partial charge < -0.3 is 20.8 Å². The van der Waals surface area contributed by atoms with Gasteiger partial charge in [-0.15, -0.1) is 0 Å². The Bertz CT molecular complexity index is 833. The van der Waals surface area contributed by atoms with Crippen molar-refractivity contribution in [1.29, 1.82) is 0 Å². The SMILES string of the molecule is CC(C)COC(=O)c1ccc(NC(=O)CSc2nc(N)cc(=O)[nH]2)cc1. The van der Waals surface area contributed by atoms with Crippen molar-refractivity contribution in [1.82, 2.24) is 9.97 Å². The van der Waals surface area contributed by atoms with Crippen molar-refractivity contribution in [3.63, 3.8) is 0 Å². The molecule has 1 aromatic heterocycles. The molecule has 0 saturated carbocycles. The Balaban J connectivity index is 1.87. The minimum atomic E-state index is -0.399. The van der Waals surface area contributed by atoms with E-state index in [9.17, 15) is 14.4 Å². The van der Waals surface area contributed by atoms with Crippen LogP contribution < -0.4 is 16.6 Å². The zero-order valence-corrected chi connectivity index (χ0v) is 15.3. The summed E-state index contributed by atoms with van der Waals surface area (Å²) in [5, 5.41) is 2.97. The number of nitrogens with zero attached hydrogens (tertiary/aromatic N) is 1. The minimum Gasteiger partial charge on any atom is -0.462 e. The van der Waals surface area contributed by atoms with Crippen LogP contribution in [0.2, 0.25) is 0 Å². The monoisotopic (exact) mass is 376 g/mol. The zero-order valence-electron chi connectivity index (χ0n) is 14.4. The van der Waals surface area contributed by atoms with Crippen LogP contribution in [0.3, 0.4) is 0 Å². The molecule has 0 aliphatic heterocycles. The molecule has 138 valence electrons. The quantitative estimate of drug-likeness (QED) is 0.382. The number of hydrogen-bond acceptors (Lipinski definition) is 7. The lowest BCUT2D eigenvalue weighted by atomic mass is 10.2. The van der Waals surface area contributed by atoms with Gasteiger partial charge in [-0.05, 0) is 30.2 Å². The van der Waals surface area contributed by atoms with Crippen LogP contribution in [-0.4, -0.2) is 34.2 Å². The van der Waals surface area contributed by atoms with Crippen LogP contribution in [0.1, 0.15) is 24.2 Å². The summed E-state index contributed by atoms with van der Waals surface area (Å²) in [6, 6.07) is 7.58. The molecule has 2 rings (SSSR count). The molecular formula is C17H20N4O4S. The van der Waals surface area contributed by atoms with Crippen molar-refractivity contribution in [2.24, 2.45) is 5.92 Å². The Kier molecular flexibility index (Phi) is 6.79. The average molecular weight is 376 g/mol. The first-order valence-electron chi connectivity index (χ1n) is 7.90. The highest BCUT2D eigenvalue weighted by atomic mass is 32.2. The number of amides is 1. The first kappa shape index (κ1) is 19.5. The molecule has 1 heterocycles. The maximum absolute atomic E-state index is 12.0. The van der Waals surface area contributed by atoms with Crippen LogP contribution in [0.15, 0.2) is 40.3 Å². The number of anilines is 2. The fourth-order valence-corrected chi connectivity index (χ4v) is 2.55. The van der Waals surface area contributed by atoms with E-state index in [-0.39, 0.29) is 34.1 Å². The third-order valence-corrected chi connectivity index (χ3v) is 3.91. The number of thioether (sulfide) groups is 1. The number of benzene rings is 1. The molecule has 0 atom stereocenters. The molecule has 0 fully saturated rings. The number of aromatic nitrogens is 2. The van der Waals surface area contributed by atoms with Gasteiger partial charge >= 0.3 is 5.97 Å². The lowest BCUT2D eigenvalue weighted by Gasteiger charge is -2.08. The van der Waals surface area contributed by atoms with Crippen LogP contribution >= 0.6 is 11.8 Å². The second-order valence-electron chi connectivity index (χ2n) is 5.88. The van der Waals surface area contributed by atoms with Gasteiger partial charge in [-0.1, -0.05) is 25.6 Å². The van der Waals surface area contributed by atoms with Crippen LogP contribution in [0.5, 0.6) is 0 Å². The molecule has 26 heavy (non-hydrogen) atoms. The summed E-state index contributed by atoms with van der Waals surface area (Å²) in [6.45, 7) is 4.27. The van der Waals surface area contributed by atoms with Gasteiger partial charge in [0.25, 0.3) is 5.56 Å². The van der Waals surface area contributed by atoms with Gasteiger partial charge in [0.05, 0.1) is 17.9 Å². The zero-order chi connectivity index (χ0) is 19.1. The van der Waals surface area contributed by atoms with Gasteiger partial charge in [0.1, 0.15) is 5.82 Å². The van der Waals surface area contributed by atoms with Crippen molar-refractivity contribution in [3.05, 3.63) is 46.2 Å². The molecular weight excluding hydrogens is 356 g/mol. The second kappa shape index (κ2) is 9.04. The molecule has 0 spiro atoms. The van der Waals surface area contributed by atoms with E-state index in [1.54, 1.807) is 24.3 Å². The van der Waals surface area contributed by atoms with Gasteiger partial charge in [-0.3, -0.25) is 9.59 Å². The lowest BCUT2D eigenvalue weighted by molar-refractivity contribution is -0.113. The van der Waals surface area contributed by atoms with Crippen LogP contribution in [0, 0.1) is 5.92 Å². The van der Waals surface area contributed by atoms with E-state index in [1.165, 1.54) is 0 Å². The van der Waals surface area contributed by atoms with Crippen molar-refractivity contribution in [2.75, 3.05) is 23.4 Å². The van der Waals surface area contributed by atoms with Gasteiger partial charge in [-0.25, -0.2) is 9.78 Å². The smallest absolute Gasteiger partial charge is 0.338 e. The van der Waals surface area contributed by atoms with Crippen LogP contribution in [0.4, 0.5) is 11.5 Å². The molecule has 1 amide bonds. The fraction of sp³-hybridized carbons (Fsp3) is 0.294. The van der Waals surface area contributed by atoms with Crippen molar-refractivity contribution in [3.8, 4) is 0 Å². The standard InChI is InChI=1S/C17H20N4O4S/c1-10(2)8-25-16(24)11-3-5-12(6-4-11)19-15(23)9-26-17-20-13(18)7-14(22)21-17/h3-7,10H,8-9H2,1-2H3,(H,19,23)(H3,18,20,21,22). The summed E-state index contributed by atoms with van der Waals surface area (Å²) in [4.78, 5) is 41.5. The molecule has 2 aromatic rings. The second-order valence-corrected chi connectivity index (χ2v) is 6.85. The number of carbonyl (C=O) groups is 2. The van der Waals surface area contributed by atoms with Gasteiger partial charge in [0, 0.05) is 11.8 Å². The van der Waals surface area contributed by atoms with Crippen LogP contribution in [-0.2, 0) is 9.53 Å². The first-order valence-corrected chi connectivity index (χ1v) is 8.88. The number of rotatable bonds is 7. The number of H-pyrrole nitrogens is 1. The summed E-state index contributed by atoms with van der Waals surface area (Å²) in [5.41, 5.74) is 6.07. The Morgan fingerprint density at radius 2 is 2.00 bits per heavy atom. The van der Waals surface area contributed by atoms with Crippen molar-refractivity contribution in [2.45, 2.75) is 19.0 Å². The fourth-order valence-electron chi connectivity index (χ4n) is 1.87. The molecule has 0 bridgehead atoms. The van der Waals surface area contributed by atoms with Crippen LogP contribution in [0.25, 0.3) is 0 Å². The Morgan fingerprint density at radius 3 is 2.62 bits per heavy atom. The van der Waals surface area contributed by atoms with Crippen molar-refractivity contribution < 1.29 is 14.3 Å².